The number of carbonyl (C=O) groups excluding carboxylic acids is 1. The van der Waals surface area contributed by atoms with E-state index in [1.165, 1.54) is 12.1 Å². The van der Waals surface area contributed by atoms with E-state index < -0.39 is 0 Å². The molecule has 1 aliphatic carbocycles. The first-order valence-corrected chi connectivity index (χ1v) is 7.11. The summed E-state index contributed by atoms with van der Waals surface area (Å²) in [7, 11) is 0. The normalized spacial score (nSPS) is 23.1. The molecule has 0 radical (unpaired) electrons. The van der Waals surface area contributed by atoms with Crippen molar-refractivity contribution in [3.63, 3.8) is 0 Å². The third kappa shape index (κ3) is 4.06. The molecule has 2 unspecified atom stereocenters. The molecular formula is C13H16Cl2N2O2. The van der Waals surface area contributed by atoms with Crippen LogP contribution in [0.4, 0.5) is 0 Å². The summed E-state index contributed by atoms with van der Waals surface area (Å²) in [6, 6.07) is 2.94. The van der Waals surface area contributed by atoms with Crippen molar-refractivity contribution in [1.82, 2.24) is 10.3 Å². The molecule has 6 heteroatoms. The van der Waals surface area contributed by atoms with Crippen LogP contribution in [-0.4, -0.2) is 28.6 Å². The number of hydrogen-bond donors (Lipinski definition) is 2. The maximum atomic E-state index is 12.0. The van der Waals surface area contributed by atoms with Gasteiger partial charge in [0.05, 0.1) is 6.10 Å². The Morgan fingerprint density at radius 2 is 1.95 bits per heavy atom. The highest BCUT2D eigenvalue weighted by Gasteiger charge is 2.23. The summed E-state index contributed by atoms with van der Waals surface area (Å²) in [6.07, 6.45) is 3.59. The highest BCUT2D eigenvalue weighted by Crippen LogP contribution is 2.23. The number of amides is 1. The summed E-state index contributed by atoms with van der Waals surface area (Å²) >= 11 is 11.5. The van der Waals surface area contributed by atoms with Gasteiger partial charge in [0.25, 0.3) is 5.91 Å². The zero-order valence-electron chi connectivity index (χ0n) is 10.4. The Hall–Kier alpha value is -0.840. The van der Waals surface area contributed by atoms with Crippen molar-refractivity contribution in [1.29, 1.82) is 0 Å². The highest BCUT2D eigenvalue weighted by molar-refractivity contribution is 6.33. The molecular weight excluding hydrogens is 287 g/mol. The lowest BCUT2D eigenvalue weighted by atomic mass is 9.86. The Kier molecular flexibility index (Phi) is 5.02. The summed E-state index contributed by atoms with van der Waals surface area (Å²) < 4.78 is 0. The molecule has 1 amide bonds. The number of aliphatic hydroxyl groups is 1. The molecule has 1 aliphatic rings. The zero-order valence-corrected chi connectivity index (χ0v) is 11.9. The molecule has 1 fully saturated rings. The van der Waals surface area contributed by atoms with Crippen LogP contribution in [0.15, 0.2) is 12.1 Å². The second-order valence-electron chi connectivity index (χ2n) is 4.82. The first-order valence-electron chi connectivity index (χ1n) is 6.35. The van der Waals surface area contributed by atoms with E-state index in [-0.39, 0.29) is 28.2 Å². The number of rotatable bonds is 3. The topological polar surface area (TPSA) is 62.2 Å². The third-order valence-corrected chi connectivity index (χ3v) is 3.81. The SMILES string of the molecule is O=C(NCC1CCCCC1O)c1cc(Cl)nc(Cl)c1. The molecule has 19 heavy (non-hydrogen) atoms. The van der Waals surface area contributed by atoms with E-state index in [2.05, 4.69) is 10.3 Å². The Morgan fingerprint density at radius 3 is 2.58 bits per heavy atom. The van der Waals surface area contributed by atoms with Gasteiger partial charge < -0.3 is 10.4 Å². The van der Waals surface area contributed by atoms with Crippen molar-refractivity contribution >= 4 is 29.1 Å². The maximum absolute atomic E-state index is 12.0. The molecule has 1 aromatic heterocycles. The van der Waals surface area contributed by atoms with Crippen molar-refractivity contribution in [2.45, 2.75) is 31.8 Å². The van der Waals surface area contributed by atoms with Crippen molar-refractivity contribution in [2.24, 2.45) is 5.92 Å². The van der Waals surface area contributed by atoms with Crippen molar-refractivity contribution in [3.05, 3.63) is 28.0 Å². The smallest absolute Gasteiger partial charge is 0.251 e. The number of pyridine rings is 1. The van der Waals surface area contributed by atoms with Gasteiger partial charge in [0.2, 0.25) is 0 Å². The molecule has 4 nitrogen and oxygen atoms in total. The van der Waals surface area contributed by atoms with Crippen LogP contribution in [0, 0.1) is 5.92 Å². The minimum absolute atomic E-state index is 0.130. The van der Waals surface area contributed by atoms with Gasteiger partial charge in [-0.25, -0.2) is 4.98 Å². The second kappa shape index (κ2) is 6.55. The first kappa shape index (κ1) is 14.6. The Labute approximate surface area is 122 Å². The molecule has 0 aromatic carbocycles. The van der Waals surface area contributed by atoms with Crippen molar-refractivity contribution in [2.75, 3.05) is 6.54 Å². The van der Waals surface area contributed by atoms with Crippen LogP contribution in [0.1, 0.15) is 36.0 Å². The molecule has 0 aliphatic heterocycles. The number of nitrogens with one attached hydrogen (secondary N) is 1. The molecule has 0 saturated heterocycles. The number of halogens is 2. The van der Waals surface area contributed by atoms with Gasteiger partial charge in [-0.3, -0.25) is 4.79 Å². The molecule has 1 heterocycles. The monoisotopic (exact) mass is 302 g/mol. The summed E-state index contributed by atoms with van der Waals surface area (Å²) in [4.78, 5) is 15.8. The lowest BCUT2D eigenvalue weighted by Crippen LogP contribution is -2.36. The fourth-order valence-electron chi connectivity index (χ4n) is 2.35. The van der Waals surface area contributed by atoms with Crippen LogP contribution in [0.3, 0.4) is 0 Å². The minimum atomic E-state index is -0.321. The molecule has 2 N–H and O–H groups in total. The van der Waals surface area contributed by atoms with Crippen LogP contribution < -0.4 is 5.32 Å². The van der Waals surface area contributed by atoms with E-state index in [0.29, 0.717) is 12.1 Å². The van der Waals surface area contributed by atoms with E-state index in [9.17, 15) is 9.90 Å². The largest absolute Gasteiger partial charge is 0.393 e. The highest BCUT2D eigenvalue weighted by atomic mass is 35.5. The number of aromatic nitrogens is 1. The van der Waals surface area contributed by atoms with Crippen molar-refractivity contribution in [3.8, 4) is 0 Å². The van der Waals surface area contributed by atoms with Crippen molar-refractivity contribution < 1.29 is 9.90 Å². The van der Waals surface area contributed by atoms with E-state index in [1.807, 2.05) is 0 Å². The van der Waals surface area contributed by atoms with Crippen LogP contribution in [0.25, 0.3) is 0 Å². The summed E-state index contributed by atoms with van der Waals surface area (Å²) in [5.41, 5.74) is 0.385. The summed E-state index contributed by atoms with van der Waals surface area (Å²) in [5, 5.41) is 13.0. The molecule has 104 valence electrons. The number of hydrogen-bond acceptors (Lipinski definition) is 3. The second-order valence-corrected chi connectivity index (χ2v) is 5.60. The summed E-state index contributed by atoms with van der Waals surface area (Å²) in [5.74, 6) is -0.116. The fraction of sp³-hybridized carbons (Fsp3) is 0.538. The van der Waals surface area contributed by atoms with Gasteiger partial charge in [0.1, 0.15) is 10.3 Å². The third-order valence-electron chi connectivity index (χ3n) is 3.42. The van der Waals surface area contributed by atoms with E-state index in [4.69, 9.17) is 23.2 Å². The van der Waals surface area contributed by atoms with Crippen LogP contribution in [0.2, 0.25) is 10.3 Å². The van der Waals surface area contributed by atoms with Crippen LogP contribution in [-0.2, 0) is 0 Å². The first-order chi connectivity index (χ1) is 9.06. The Balaban J connectivity index is 1.93. The van der Waals surface area contributed by atoms with Gasteiger partial charge in [0.15, 0.2) is 0 Å². The van der Waals surface area contributed by atoms with Gasteiger partial charge >= 0.3 is 0 Å². The fourth-order valence-corrected chi connectivity index (χ4v) is 2.81. The van der Waals surface area contributed by atoms with Gasteiger partial charge in [0, 0.05) is 18.0 Å². The van der Waals surface area contributed by atoms with E-state index in [0.717, 1.165) is 25.7 Å². The predicted octanol–water partition coefficient (Wildman–Crippen LogP) is 2.67. The predicted molar refractivity (Wildman–Crippen MR) is 74.6 cm³/mol. The average molecular weight is 303 g/mol. The standard InChI is InChI=1S/C13H16Cl2N2O2/c14-11-5-9(6-12(15)17-11)13(19)16-7-8-3-1-2-4-10(8)18/h5-6,8,10,18H,1-4,7H2,(H,16,19). The van der Waals surface area contributed by atoms with E-state index >= 15 is 0 Å². The molecule has 0 spiro atoms. The number of carbonyl (C=O) groups is 1. The average Bonchev–Trinajstić information content (AvgIpc) is 2.36. The minimum Gasteiger partial charge on any atom is -0.393 e. The number of nitrogens with zero attached hydrogens (tertiary/aromatic N) is 1. The molecule has 2 atom stereocenters. The van der Waals surface area contributed by atoms with Gasteiger partial charge in [-0.1, -0.05) is 36.0 Å². The lowest BCUT2D eigenvalue weighted by molar-refractivity contribution is 0.0663. The van der Waals surface area contributed by atoms with Gasteiger partial charge in [-0.05, 0) is 25.0 Å². The molecule has 1 aromatic rings. The lowest BCUT2D eigenvalue weighted by Gasteiger charge is -2.27. The quantitative estimate of drug-likeness (QED) is 0.844. The zero-order chi connectivity index (χ0) is 13.8. The van der Waals surface area contributed by atoms with Crippen LogP contribution >= 0.6 is 23.2 Å². The van der Waals surface area contributed by atoms with Gasteiger partial charge in [-0.2, -0.15) is 0 Å². The van der Waals surface area contributed by atoms with Crippen LogP contribution in [0.5, 0.6) is 0 Å². The van der Waals surface area contributed by atoms with E-state index in [1.54, 1.807) is 0 Å². The number of aliphatic hydroxyl groups excluding tert-OH is 1. The molecule has 2 rings (SSSR count). The molecule has 0 bridgehead atoms. The Morgan fingerprint density at radius 1 is 1.32 bits per heavy atom. The Bertz CT molecular complexity index is 448. The maximum Gasteiger partial charge on any atom is 0.251 e. The molecule has 1 saturated carbocycles. The van der Waals surface area contributed by atoms with Gasteiger partial charge in [-0.15, -0.1) is 0 Å². The summed E-state index contributed by atoms with van der Waals surface area (Å²) in [6.45, 7) is 0.470.